The lowest BCUT2D eigenvalue weighted by atomic mass is 9.65. The lowest BCUT2D eigenvalue weighted by molar-refractivity contribution is 0.802. The third-order valence-corrected chi connectivity index (χ3v) is 15.8. The molecular formula is C54H41B6N3S. The van der Waals surface area contributed by atoms with Gasteiger partial charge in [0.05, 0.1) is 17.4 Å². The van der Waals surface area contributed by atoms with Gasteiger partial charge in [-0.2, -0.15) is 0 Å². The Labute approximate surface area is 383 Å². The van der Waals surface area contributed by atoms with E-state index in [0.29, 0.717) is 5.92 Å². The molecule has 0 spiro atoms. The van der Waals surface area contributed by atoms with Gasteiger partial charge in [-0.1, -0.05) is 155 Å². The zero-order valence-corrected chi connectivity index (χ0v) is 37.8. The first-order valence-electron chi connectivity index (χ1n) is 22.4. The van der Waals surface area contributed by atoms with Crippen LogP contribution in [0.2, 0.25) is 0 Å². The van der Waals surface area contributed by atoms with E-state index in [4.69, 9.17) is 9.97 Å². The lowest BCUT2D eigenvalue weighted by Crippen LogP contribution is -2.47. The van der Waals surface area contributed by atoms with Crippen LogP contribution in [0.1, 0.15) is 11.5 Å². The van der Waals surface area contributed by atoms with Gasteiger partial charge >= 0.3 is 0 Å². The van der Waals surface area contributed by atoms with Gasteiger partial charge in [0, 0.05) is 48.8 Å². The molecule has 2 atom stereocenters. The van der Waals surface area contributed by atoms with Crippen molar-refractivity contribution < 1.29 is 0 Å². The summed E-state index contributed by atoms with van der Waals surface area (Å²) in [5.74, 6) is 1.02. The summed E-state index contributed by atoms with van der Waals surface area (Å²) in [5.41, 5.74) is 19.5. The van der Waals surface area contributed by atoms with Crippen LogP contribution in [0.5, 0.6) is 0 Å². The van der Waals surface area contributed by atoms with Gasteiger partial charge in [-0.15, -0.1) is 22.3 Å². The maximum atomic E-state index is 5.44. The van der Waals surface area contributed by atoms with Crippen LogP contribution in [0.25, 0.3) is 88.1 Å². The molecule has 0 fully saturated rings. The second-order valence-corrected chi connectivity index (χ2v) is 18.9. The highest BCUT2D eigenvalue weighted by molar-refractivity contribution is 7.28. The SMILES string of the molecule is Bc1c(B)c(B)c2c(sc3c(-c4cc(-c5ccccc5)nc(-c5ccccc5)n4)c(B)c(B)c(-c4ccc5ccc(N6c7ccccc7C7C=c8ccccc8=CC76)cc5c4)c32)c1B. The lowest BCUT2D eigenvalue weighted by Gasteiger charge is -2.29. The molecule has 10 aromatic rings. The average Bonchev–Trinajstić information content (AvgIpc) is 3.88. The number of hydrogen-bond donors (Lipinski definition) is 0. The fraction of sp³-hybridized carbons (Fsp3) is 0.0370. The Balaban J connectivity index is 1.10. The maximum Gasteiger partial charge on any atom is 0.160 e. The Hall–Kier alpha value is -6.75. The molecule has 3 heterocycles. The molecule has 12 rings (SSSR count). The number of benzene rings is 8. The summed E-state index contributed by atoms with van der Waals surface area (Å²) in [6.45, 7) is 0. The van der Waals surface area contributed by atoms with Crippen LogP contribution in [-0.4, -0.2) is 63.1 Å². The maximum absolute atomic E-state index is 5.44. The molecule has 10 heteroatoms. The van der Waals surface area contributed by atoms with Crippen LogP contribution in [0.4, 0.5) is 11.4 Å². The summed E-state index contributed by atoms with van der Waals surface area (Å²) in [4.78, 5) is 13.2. The second kappa shape index (κ2) is 14.9. The fourth-order valence-electron chi connectivity index (χ4n) is 10.7. The normalized spacial score (nSPS) is 15.2. The number of nitrogens with zero attached hydrogens (tertiary/aromatic N) is 3. The first kappa shape index (κ1) is 38.9. The summed E-state index contributed by atoms with van der Waals surface area (Å²) in [6.07, 6.45) is 4.95. The molecule has 3 nitrogen and oxygen atoms in total. The van der Waals surface area contributed by atoms with Gasteiger partial charge in [-0.3, -0.25) is 0 Å². The van der Waals surface area contributed by atoms with Crippen molar-refractivity contribution >= 4 is 146 Å². The summed E-state index contributed by atoms with van der Waals surface area (Å²) in [7, 11) is 13.8. The van der Waals surface area contributed by atoms with Crippen LogP contribution < -0.4 is 48.1 Å². The minimum atomic E-state index is 0.201. The van der Waals surface area contributed by atoms with Crippen molar-refractivity contribution in [3.63, 3.8) is 0 Å². The molecule has 2 aliphatic rings. The summed E-state index contributed by atoms with van der Waals surface area (Å²) >= 11 is 1.93. The van der Waals surface area contributed by atoms with Gasteiger partial charge in [0.25, 0.3) is 0 Å². The molecule has 1 aliphatic carbocycles. The summed E-state index contributed by atoms with van der Waals surface area (Å²) in [5, 5.41) is 7.77. The van der Waals surface area contributed by atoms with E-state index in [2.05, 4.69) is 216 Å². The second-order valence-electron chi connectivity index (χ2n) is 17.9. The molecular weight excluding hydrogens is 788 g/mol. The van der Waals surface area contributed by atoms with E-state index in [0.717, 1.165) is 28.3 Å². The predicted octanol–water partition coefficient (Wildman–Crippen LogP) is 2.09. The highest BCUT2D eigenvalue weighted by atomic mass is 32.1. The smallest absolute Gasteiger partial charge is 0.160 e. The van der Waals surface area contributed by atoms with Gasteiger partial charge in [-0.05, 0) is 73.6 Å². The van der Waals surface area contributed by atoms with Crippen molar-refractivity contribution in [2.24, 2.45) is 0 Å². The number of fused-ring (bicyclic) bond motifs is 8. The summed E-state index contributed by atoms with van der Waals surface area (Å²) in [6, 6.07) is 55.3. The van der Waals surface area contributed by atoms with E-state index in [1.54, 1.807) is 0 Å². The summed E-state index contributed by atoms with van der Waals surface area (Å²) < 4.78 is 2.63. The van der Waals surface area contributed by atoms with E-state index >= 15 is 0 Å². The van der Waals surface area contributed by atoms with Gasteiger partial charge in [-0.25, -0.2) is 9.97 Å². The van der Waals surface area contributed by atoms with Crippen molar-refractivity contribution in [2.45, 2.75) is 12.0 Å². The van der Waals surface area contributed by atoms with E-state index in [-0.39, 0.29) is 6.04 Å². The average molecular weight is 829 g/mol. The van der Waals surface area contributed by atoms with Gasteiger partial charge in [0.15, 0.2) is 5.82 Å². The highest BCUT2D eigenvalue weighted by Crippen LogP contribution is 2.48. The zero-order valence-electron chi connectivity index (χ0n) is 37.0. The number of para-hydroxylation sites is 1. The minimum Gasteiger partial charge on any atom is -0.333 e. The minimum absolute atomic E-state index is 0.201. The highest BCUT2D eigenvalue weighted by Gasteiger charge is 2.38. The molecule has 0 amide bonds. The molecule has 0 saturated carbocycles. The molecule has 2 unspecified atom stereocenters. The van der Waals surface area contributed by atoms with E-state index < -0.39 is 0 Å². The predicted molar refractivity (Wildman–Crippen MR) is 293 cm³/mol. The first-order chi connectivity index (χ1) is 31.2. The number of thiophene rings is 1. The third kappa shape index (κ3) is 5.95. The quantitative estimate of drug-likeness (QED) is 0.250. The fourth-order valence-corrected chi connectivity index (χ4v) is 12.3. The first-order valence-corrected chi connectivity index (χ1v) is 23.2. The molecule has 0 bridgehead atoms. The molecule has 1 aliphatic heterocycles. The van der Waals surface area contributed by atoms with Crippen molar-refractivity contribution in [3.05, 3.63) is 168 Å². The van der Waals surface area contributed by atoms with Crippen molar-refractivity contribution in [1.29, 1.82) is 0 Å². The zero-order chi connectivity index (χ0) is 43.4. The molecule has 0 radical (unpaired) electrons. The van der Waals surface area contributed by atoms with E-state index in [1.165, 1.54) is 108 Å². The number of aromatic nitrogens is 2. The standard InChI is InChI=1S/C54H41B6N3S/c55-46-42(33-20-19-28-21-22-35(24-34(28)23-33)63-40-18-10-9-17-36(40)37-25-31-15-7-8-16-32(31)26-41(37)63)44-45-48(57)49(58)50(59)51(60)53(45)64-52(44)43(47(46)56)39-27-38(29-11-3-1-4-12-29)61-54(62-39)30-13-5-2-6-14-30/h1-27,37,41H,55-60H2. The van der Waals surface area contributed by atoms with Gasteiger partial charge in [0.1, 0.15) is 47.1 Å². The molecule has 2 aromatic heterocycles. The third-order valence-electron chi connectivity index (χ3n) is 14.5. The van der Waals surface area contributed by atoms with E-state index in [9.17, 15) is 0 Å². The molecule has 296 valence electrons. The van der Waals surface area contributed by atoms with Crippen LogP contribution >= 0.6 is 11.3 Å². The van der Waals surface area contributed by atoms with Crippen molar-refractivity contribution in [2.75, 3.05) is 4.90 Å². The van der Waals surface area contributed by atoms with E-state index in [1.807, 2.05) is 11.3 Å². The molecule has 0 saturated heterocycles. The molecule has 0 N–H and O–H groups in total. The number of hydrogen-bond acceptors (Lipinski definition) is 4. The topological polar surface area (TPSA) is 29.0 Å². The van der Waals surface area contributed by atoms with Gasteiger partial charge in [0.2, 0.25) is 0 Å². The van der Waals surface area contributed by atoms with Gasteiger partial charge < -0.3 is 4.90 Å². The molecule has 8 aromatic carbocycles. The Morgan fingerprint density at radius 3 is 1.88 bits per heavy atom. The number of anilines is 2. The van der Waals surface area contributed by atoms with Crippen molar-refractivity contribution in [3.8, 4) is 45.0 Å². The largest absolute Gasteiger partial charge is 0.333 e. The Bertz CT molecular complexity index is 3670. The Morgan fingerprint density at radius 2 is 1.09 bits per heavy atom. The number of rotatable bonds is 5. The Kier molecular flexibility index (Phi) is 9.07. The van der Waals surface area contributed by atoms with Crippen LogP contribution in [0.15, 0.2) is 152 Å². The van der Waals surface area contributed by atoms with Crippen molar-refractivity contribution in [1.82, 2.24) is 9.97 Å². The Morgan fingerprint density at radius 1 is 0.453 bits per heavy atom. The van der Waals surface area contributed by atoms with Crippen LogP contribution in [0, 0.1) is 0 Å². The van der Waals surface area contributed by atoms with Crippen LogP contribution in [-0.2, 0) is 0 Å². The van der Waals surface area contributed by atoms with Crippen LogP contribution in [0.3, 0.4) is 0 Å². The molecule has 64 heavy (non-hydrogen) atoms. The monoisotopic (exact) mass is 829 g/mol.